The number of hydrogen-bond acceptors (Lipinski definition) is 10. The van der Waals surface area contributed by atoms with E-state index in [9.17, 15) is 38.4 Å². The Hall–Kier alpha value is -5.88. The first-order valence-corrected chi connectivity index (χ1v) is 28.7. The second kappa shape index (κ2) is 30.8. The van der Waals surface area contributed by atoms with Crippen molar-refractivity contribution in [1.82, 2.24) is 52.3 Å². The monoisotopic (exact) mass is 1050 g/mol. The summed E-state index contributed by atoms with van der Waals surface area (Å²) in [6.45, 7) is 5.23. The molecule has 0 saturated carbocycles. The summed E-state index contributed by atoms with van der Waals surface area (Å²) in [5.41, 5.74) is 4.77. The van der Waals surface area contributed by atoms with Crippen molar-refractivity contribution in [2.45, 2.75) is 203 Å². The normalized spacial score (nSPS) is 20.5. The number of likely N-dealkylation sites (tertiary alicyclic amines) is 2. The van der Waals surface area contributed by atoms with Gasteiger partial charge in [-0.3, -0.25) is 38.4 Å². The maximum absolute atomic E-state index is 14.1. The molecule has 2 fully saturated rings. The largest absolute Gasteiger partial charge is 0.356 e. The van der Waals surface area contributed by atoms with Crippen molar-refractivity contribution in [2.75, 3.05) is 40.3 Å². The van der Waals surface area contributed by atoms with Gasteiger partial charge in [-0.1, -0.05) is 61.4 Å². The van der Waals surface area contributed by atoms with Gasteiger partial charge in [-0.25, -0.2) is 0 Å². The Kier molecular flexibility index (Phi) is 24.0. The van der Waals surface area contributed by atoms with E-state index in [1.54, 1.807) is 37.7 Å². The Morgan fingerprint density at radius 1 is 0.513 bits per heavy atom. The topological polar surface area (TPSA) is 239 Å². The van der Waals surface area contributed by atoms with E-state index in [-0.39, 0.29) is 59.3 Å². The van der Waals surface area contributed by atoms with Crippen LogP contribution in [0.1, 0.15) is 177 Å². The standard InChI is InChI=1S/C58H88N10O8/c1-39(59-3)53(71)65-47(57(75)67-37-19-31-49(67)55(73)63-45-29-17-23-41-21-9-11-25-43(41)45)27-13-15-35-61-51(69)33-7-5-6-8-34-52(70)62-36-16-14-28-48(66-54(72)40(2)60-4)58(76)68-38-20-32-50(68)56(74)64-46-30-18-24-42-22-10-12-26-44(42)46/h9-12,21-22,25-26,39-40,45-50,59-60H,5-8,13-20,23-24,27-38H2,1-4H3,(H,61,69)(H,62,70)(H,63,73)(H,64,74)(H,65,71)(H,66,72)/t39-,40-,45+,46+,47-,48-,49-,50-/m0/s1. The van der Waals surface area contributed by atoms with Crippen LogP contribution in [0.5, 0.6) is 0 Å². The van der Waals surface area contributed by atoms with Gasteiger partial charge in [-0.05, 0) is 166 Å². The molecule has 0 spiro atoms. The van der Waals surface area contributed by atoms with Gasteiger partial charge in [0.15, 0.2) is 0 Å². The average Bonchev–Trinajstić information content (AvgIpc) is 4.14. The molecule has 6 rings (SSSR count). The smallest absolute Gasteiger partial charge is 0.245 e. The quantitative estimate of drug-likeness (QED) is 0.0533. The lowest BCUT2D eigenvalue weighted by Crippen LogP contribution is -2.55. The zero-order valence-electron chi connectivity index (χ0n) is 45.8. The predicted molar refractivity (Wildman–Crippen MR) is 292 cm³/mol. The molecular weight excluding hydrogens is 965 g/mol. The molecule has 2 aliphatic carbocycles. The number of nitrogens with one attached hydrogen (secondary N) is 8. The molecule has 0 bridgehead atoms. The number of likely N-dealkylation sites (N-methyl/N-ethyl adjacent to an activating group) is 2. The molecule has 418 valence electrons. The molecule has 2 saturated heterocycles. The van der Waals surface area contributed by atoms with Crippen LogP contribution >= 0.6 is 0 Å². The Bertz CT molecular complexity index is 2120. The minimum atomic E-state index is -0.796. The maximum Gasteiger partial charge on any atom is 0.245 e. The molecule has 18 heteroatoms. The van der Waals surface area contributed by atoms with E-state index >= 15 is 0 Å². The van der Waals surface area contributed by atoms with Crippen LogP contribution in [0.4, 0.5) is 0 Å². The lowest BCUT2D eigenvalue weighted by Gasteiger charge is -2.32. The Labute approximate surface area is 450 Å². The molecule has 8 N–H and O–H groups in total. The highest BCUT2D eigenvalue weighted by Crippen LogP contribution is 2.32. The maximum atomic E-state index is 14.1. The first-order valence-electron chi connectivity index (χ1n) is 28.7. The third-order valence-corrected chi connectivity index (χ3v) is 16.0. The number of nitrogens with zero attached hydrogens (tertiary/aromatic N) is 2. The Morgan fingerprint density at radius 2 is 0.921 bits per heavy atom. The summed E-state index contributed by atoms with van der Waals surface area (Å²) in [6.07, 6.45) is 15.1. The number of fused-ring (bicyclic) bond motifs is 2. The number of hydrogen-bond donors (Lipinski definition) is 8. The van der Waals surface area contributed by atoms with E-state index in [4.69, 9.17) is 0 Å². The van der Waals surface area contributed by atoms with Gasteiger partial charge in [0.25, 0.3) is 0 Å². The summed E-state index contributed by atoms with van der Waals surface area (Å²) in [5, 5.41) is 24.1. The van der Waals surface area contributed by atoms with Crippen molar-refractivity contribution in [3.8, 4) is 0 Å². The molecule has 0 radical (unpaired) electrons. The molecular formula is C58H88N10O8. The zero-order chi connectivity index (χ0) is 54.4. The fourth-order valence-corrected chi connectivity index (χ4v) is 11.2. The van der Waals surface area contributed by atoms with Crippen molar-refractivity contribution in [3.63, 3.8) is 0 Å². The van der Waals surface area contributed by atoms with Crippen LogP contribution in [-0.2, 0) is 51.2 Å². The summed E-state index contributed by atoms with van der Waals surface area (Å²) in [7, 11) is 3.37. The SMILES string of the molecule is CN[C@@H](C)C(=O)N[C@@H](CCCCNC(=O)CCCCCCC(=O)NCCCC[C@H](NC(=O)[C@H](C)NC)C(=O)N1CCC[C@H]1C(=O)N[C@@H]1CCCc2ccccc21)C(=O)N1CCC[C@H]1C(=O)N[C@@H]1CCCc2ccccc21. The van der Waals surface area contributed by atoms with Crippen LogP contribution in [0.3, 0.4) is 0 Å². The van der Waals surface area contributed by atoms with Gasteiger partial charge < -0.3 is 52.3 Å². The highest BCUT2D eigenvalue weighted by Gasteiger charge is 2.40. The summed E-state index contributed by atoms with van der Waals surface area (Å²) >= 11 is 0. The molecule has 0 unspecified atom stereocenters. The van der Waals surface area contributed by atoms with E-state index < -0.39 is 36.3 Å². The van der Waals surface area contributed by atoms with E-state index in [2.05, 4.69) is 66.8 Å². The van der Waals surface area contributed by atoms with Crippen molar-refractivity contribution in [2.24, 2.45) is 0 Å². The fourth-order valence-electron chi connectivity index (χ4n) is 11.2. The summed E-state index contributed by atoms with van der Waals surface area (Å²) < 4.78 is 0. The fraction of sp³-hybridized carbons (Fsp3) is 0.655. The average molecular weight is 1050 g/mol. The van der Waals surface area contributed by atoms with Crippen molar-refractivity contribution in [1.29, 1.82) is 0 Å². The second-order valence-corrected chi connectivity index (χ2v) is 21.4. The van der Waals surface area contributed by atoms with Gasteiger partial charge in [0.1, 0.15) is 24.2 Å². The van der Waals surface area contributed by atoms with Crippen LogP contribution in [0.15, 0.2) is 48.5 Å². The van der Waals surface area contributed by atoms with Gasteiger partial charge in [0, 0.05) is 39.0 Å². The van der Waals surface area contributed by atoms with E-state index in [1.807, 2.05) is 24.3 Å². The first-order chi connectivity index (χ1) is 36.8. The predicted octanol–water partition coefficient (Wildman–Crippen LogP) is 4.46. The van der Waals surface area contributed by atoms with Crippen molar-refractivity contribution >= 4 is 47.3 Å². The molecule has 18 nitrogen and oxygen atoms in total. The van der Waals surface area contributed by atoms with Crippen LogP contribution in [-0.4, -0.2) is 134 Å². The highest BCUT2D eigenvalue weighted by atomic mass is 16.2. The molecule has 2 heterocycles. The minimum absolute atomic E-state index is 0.0556. The van der Waals surface area contributed by atoms with Crippen molar-refractivity contribution < 1.29 is 38.4 Å². The zero-order valence-corrected chi connectivity index (χ0v) is 45.8. The number of rotatable bonds is 29. The minimum Gasteiger partial charge on any atom is -0.356 e. The lowest BCUT2D eigenvalue weighted by molar-refractivity contribution is -0.142. The Balaban J connectivity index is 0.839. The van der Waals surface area contributed by atoms with Gasteiger partial charge in [-0.15, -0.1) is 0 Å². The van der Waals surface area contributed by atoms with Crippen LogP contribution in [0, 0.1) is 0 Å². The molecule has 2 aromatic rings. The number of carbonyl (C=O) groups excluding carboxylic acids is 8. The molecule has 2 aromatic carbocycles. The second-order valence-electron chi connectivity index (χ2n) is 21.4. The molecule has 8 amide bonds. The van der Waals surface area contributed by atoms with Gasteiger partial charge >= 0.3 is 0 Å². The third-order valence-electron chi connectivity index (χ3n) is 16.0. The third kappa shape index (κ3) is 17.3. The first kappa shape index (κ1) is 59.4. The summed E-state index contributed by atoms with van der Waals surface area (Å²) in [6, 6.07) is 12.4. The van der Waals surface area contributed by atoms with Gasteiger partial charge in [-0.2, -0.15) is 0 Å². The molecule has 8 atom stereocenters. The van der Waals surface area contributed by atoms with Crippen molar-refractivity contribution in [3.05, 3.63) is 70.8 Å². The number of benzene rings is 2. The van der Waals surface area contributed by atoms with E-state index in [0.717, 1.165) is 62.5 Å². The van der Waals surface area contributed by atoms with Crippen LogP contribution < -0.4 is 42.5 Å². The highest BCUT2D eigenvalue weighted by molar-refractivity contribution is 5.94. The van der Waals surface area contributed by atoms with Crippen LogP contribution in [0.2, 0.25) is 0 Å². The lowest BCUT2D eigenvalue weighted by atomic mass is 9.87. The molecule has 2 aliphatic heterocycles. The van der Waals surface area contributed by atoms with E-state index in [0.29, 0.717) is 116 Å². The number of aryl methyl sites for hydroxylation is 2. The van der Waals surface area contributed by atoms with Crippen LogP contribution in [0.25, 0.3) is 0 Å². The summed E-state index contributed by atoms with van der Waals surface area (Å²) in [4.78, 5) is 110. The molecule has 4 aliphatic rings. The van der Waals surface area contributed by atoms with E-state index in [1.165, 1.54) is 11.1 Å². The molecule has 0 aromatic heterocycles. The summed E-state index contributed by atoms with van der Waals surface area (Å²) in [5.74, 6) is -1.52. The number of carbonyl (C=O) groups is 8. The number of unbranched alkanes of at least 4 members (excludes halogenated alkanes) is 5. The number of amides is 8. The van der Waals surface area contributed by atoms with Gasteiger partial charge in [0.2, 0.25) is 47.3 Å². The van der Waals surface area contributed by atoms with Gasteiger partial charge in [0.05, 0.1) is 24.2 Å². The Morgan fingerprint density at radius 3 is 1.33 bits per heavy atom. The molecule has 76 heavy (non-hydrogen) atoms.